The molecule has 4 nitrogen and oxygen atoms in total. The Bertz CT molecular complexity index is 230. The molecule has 0 aromatic carbocycles. The number of quaternary nitrogens is 1. The second-order valence-corrected chi connectivity index (χ2v) is 5.92. The van der Waals surface area contributed by atoms with Gasteiger partial charge in [-0.15, -0.1) is 0 Å². The van der Waals surface area contributed by atoms with E-state index >= 15 is 0 Å². The number of unbranched alkanes of at least 4 members (excludes halogenated alkanes) is 7. The Morgan fingerprint density at radius 3 is 1.71 bits per heavy atom. The van der Waals surface area contributed by atoms with Gasteiger partial charge in [-0.2, -0.15) is 4.65 Å². The molecular formula is C17H37NO3. The Balaban J connectivity index is 0. The van der Waals surface area contributed by atoms with Gasteiger partial charge in [0.05, 0.1) is 14.1 Å². The highest BCUT2D eigenvalue weighted by molar-refractivity contribution is 5.63. The van der Waals surface area contributed by atoms with Crippen molar-refractivity contribution in [2.45, 2.75) is 78.6 Å². The number of carboxylic acids is 1. The third kappa shape index (κ3) is 21.8. The topological polar surface area (TPSA) is 49.4 Å². The lowest BCUT2D eigenvalue weighted by Gasteiger charge is -2.25. The lowest BCUT2D eigenvalue weighted by molar-refractivity contribution is -1.08. The summed E-state index contributed by atoms with van der Waals surface area (Å²) in [5.41, 5.74) is 0. The number of carbonyl (C=O) groups is 1. The van der Waals surface area contributed by atoms with Crippen LogP contribution in [0.1, 0.15) is 78.6 Å². The van der Waals surface area contributed by atoms with E-state index in [2.05, 4.69) is 27.9 Å². The van der Waals surface area contributed by atoms with Crippen molar-refractivity contribution < 1.29 is 19.4 Å². The molecule has 0 aromatic rings. The molecule has 0 aliphatic carbocycles. The van der Waals surface area contributed by atoms with E-state index in [0.29, 0.717) is 4.65 Å². The quantitative estimate of drug-likeness (QED) is 0.316. The molecular weight excluding hydrogens is 266 g/mol. The fourth-order valence-electron chi connectivity index (χ4n) is 1.64. The molecule has 0 rings (SSSR count). The van der Waals surface area contributed by atoms with Gasteiger partial charge in [-0.05, 0) is 19.8 Å². The van der Waals surface area contributed by atoms with Gasteiger partial charge in [0.15, 0.2) is 0 Å². The predicted octanol–water partition coefficient (Wildman–Crippen LogP) is 3.30. The van der Waals surface area contributed by atoms with Crippen LogP contribution in [0.5, 0.6) is 0 Å². The second-order valence-electron chi connectivity index (χ2n) is 5.92. The molecule has 0 saturated carbocycles. The molecule has 21 heavy (non-hydrogen) atoms. The minimum Gasteiger partial charge on any atom is -0.550 e. The van der Waals surface area contributed by atoms with E-state index in [1.165, 1.54) is 58.3 Å². The van der Waals surface area contributed by atoms with Gasteiger partial charge in [0.25, 0.3) is 0 Å². The maximum absolute atomic E-state index is 9.26. The summed E-state index contributed by atoms with van der Waals surface area (Å²) in [5.74, 6) is -0.995. The molecule has 0 heterocycles. The van der Waals surface area contributed by atoms with Gasteiger partial charge in [-0.3, -0.25) is 0 Å². The van der Waals surface area contributed by atoms with Crippen LogP contribution in [0.25, 0.3) is 0 Å². The Morgan fingerprint density at radius 1 is 0.905 bits per heavy atom. The van der Waals surface area contributed by atoms with Crippen molar-refractivity contribution in [3.8, 4) is 0 Å². The van der Waals surface area contributed by atoms with Crippen LogP contribution in [0.4, 0.5) is 0 Å². The maximum Gasteiger partial charge on any atom is 0.106 e. The van der Waals surface area contributed by atoms with Crippen molar-refractivity contribution in [1.29, 1.82) is 0 Å². The number of rotatable bonds is 12. The van der Waals surface area contributed by atoms with Crippen molar-refractivity contribution in [3.63, 3.8) is 0 Å². The SMILES string of the molecule is CCC(=O)[O-].CCCCCCCCCCO[N+](C)(C)CC. The van der Waals surface area contributed by atoms with Crippen molar-refractivity contribution in [2.75, 3.05) is 27.2 Å². The summed E-state index contributed by atoms with van der Waals surface area (Å²) in [7, 11) is 4.23. The highest BCUT2D eigenvalue weighted by atomic mass is 16.7. The molecule has 0 amide bonds. The lowest BCUT2D eigenvalue weighted by Crippen LogP contribution is -2.39. The van der Waals surface area contributed by atoms with E-state index < -0.39 is 5.97 Å². The molecule has 0 N–H and O–H groups in total. The van der Waals surface area contributed by atoms with Crippen LogP contribution in [0.3, 0.4) is 0 Å². The van der Waals surface area contributed by atoms with Crippen molar-refractivity contribution in [3.05, 3.63) is 0 Å². The summed E-state index contributed by atoms with van der Waals surface area (Å²) in [4.78, 5) is 15.0. The average Bonchev–Trinajstić information content (AvgIpc) is 2.46. The maximum atomic E-state index is 9.26. The third-order valence-corrected chi connectivity index (χ3v) is 3.49. The van der Waals surface area contributed by atoms with Gasteiger partial charge in [0.2, 0.25) is 0 Å². The highest BCUT2D eigenvalue weighted by Crippen LogP contribution is 2.09. The zero-order valence-electron chi connectivity index (χ0n) is 15.0. The molecule has 0 spiro atoms. The zero-order chi connectivity index (χ0) is 16.6. The Hall–Kier alpha value is -0.610. The monoisotopic (exact) mass is 303 g/mol. The van der Waals surface area contributed by atoms with Crippen molar-refractivity contribution >= 4 is 5.97 Å². The molecule has 0 aliphatic heterocycles. The van der Waals surface area contributed by atoms with E-state index in [1.54, 1.807) is 0 Å². The molecule has 0 atom stereocenters. The fraction of sp³-hybridized carbons (Fsp3) is 0.941. The van der Waals surface area contributed by atoms with Crippen LogP contribution in [0.15, 0.2) is 0 Å². The summed E-state index contributed by atoms with van der Waals surface area (Å²) >= 11 is 0. The van der Waals surface area contributed by atoms with E-state index in [-0.39, 0.29) is 6.42 Å². The Kier molecular flexibility index (Phi) is 17.0. The third-order valence-electron chi connectivity index (χ3n) is 3.49. The molecule has 0 aliphatic rings. The van der Waals surface area contributed by atoms with Crippen molar-refractivity contribution in [2.24, 2.45) is 0 Å². The summed E-state index contributed by atoms with van der Waals surface area (Å²) in [6.45, 7) is 7.92. The lowest BCUT2D eigenvalue weighted by atomic mass is 10.1. The van der Waals surface area contributed by atoms with Crippen LogP contribution < -0.4 is 5.11 Å². The fourth-order valence-corrected chi connectivity index (χ4v) is 1.64. The number of carboxylic acid groups (broad SMARTS) is 1. The first-order valence-corrected chi connectivity index (χ1v) is 8.57. The van der Waals surface area contributed by atoms with Gasteiger partial charge >= 0.3 is 0 Å². The summed E-state index contributed by atoms with van der Waals surface area (Å²) in [6.07, 6.45) is 11.0. The summed E-state index contributed by atoms with van der Waals surface area (Å²) < 4.78 is 0.691. The number of carbonyl (C=O) groups excluding carboxylic acids is 1. The molecule has 0 bridgehead atoms. The Morgan fingerprint density at radius 2 is 1.33 bits per heavy atom. The molecule has 0 aromatic heterocycles. The highest BCUT2D eigenvalue weighted by Gasteiger charge is 2.11. The zero-order valence-corrected chi connectivity index (χ0v) is 15.0. The van der Waals surface area contributed by atoms with Crippen LogP contribution in [-0.2, 0) is 9.63 Å². The first-order valence-electron chi connectivity index (χ1n) is 8.57. The van der Waals surface area contributed by atoms with E-state index in [9.17, 15) is 9.90 Å². The van der Waals surface area contributed by atoms with Crippen LogP contribution in [0, 0.1) is 0 Å². The molecule has 0 saturated heterocycles. The van der Waals surface area contributed by atoms with Gasteiger partial charge in [-0.25, -0.2) is 4.84 Å². The standard InChI is InChI=1S/C14H32NO.C3H6O2/c1-5-7-8-9-10-11-12-13-14-16-15(3,4)6-2;1-2-3(4)5/h5-14H2,1-4H3;2H2,1H3,(H,4,5)/q+1;/p-1. The van der Waals surface area contributed by atoms with Crippen molar-refractivity contribution in [1.82, 2.24) is 0 Å². The van der Waals surface area contributed by atoms with Crippen LogP contribution in [0.2, 0.25) is 0 Å². The van der Waals surface area contributed by atoms with Gasteiger partial charge in [-0.1, -0.05) is 58.8 Å². The van der Waals surface area contributed by atoms with Gasteiger partial charge in [0, 0.05) is 5.97 Å². The molecule has 0 radical (unpaired) electrons. The first kappa shape index (κ1) is 22.7. The smallest absolute Gasteiger partial charge is 0.106 e. The van der Waals surface area contributed by atoms with E-state index in [4.69, 9.17) is 4.84 Å². The van der Waals surface area contributed by atoms with Crippen LogP contribution >= 0.6 is 0 Å². The number of aliphatic carboxylic acids is 1. The molecule has 4 heteroatoms. The van der Waals surface area contributed by atoms with E-state index in [1.807, 2.05) is 0 Å². The summed E-state index contributed by atoms with van der Waals surface area (Å²) in [5, 5.41) is 9.26. The Labute approximate surface area is 132 Å². The second kappa shape index (κ2) is 15.8. The molecule has 128 valence electrons. The number of hydrogen-bond acceptors (Lipinski definition) is 3. The van der Waals surface area contributed by atoms with Gasteiger partial charge in [0.1, 0.15) is 13.2 Å². The molecule has 0 fully saturated rings. The minimum atomic E-state index is -0.995. The summed E-state index contributed by atoms with van der Waals surface area (Å²) in [6, 6.07) is 0. The predicted molar refractivity (Wildman–Crippen MR) is 86.5 cm³/mol. The van der Waals surface area contributed by atoms with Crippen LogP contribution in [-0.4, -0.2) is 37.9 Å². The number of hydroxylamine groups is 3. The number of hydrogen-bond donors (Lipinski definition) is 0. The molecule has 0 unspecified atom stereocenters. The minimum absolute atomic E-state index is 0.111. The average molecular weight is 303 g/mol. The number of nitrogens with zero attached hydrogens (tertiary/aromatic N) is 1. The van der Waals surface area contributed by atoms with Gasteiger partial charge < -0.3 is 9.90 Å². The van der Waals surface area contributed by atoms with E-state index in [0.717, 1.165) is 13.2 Å². The first-order chi connectivity index (χ1) is 9.89. The largest absolute Gasteiger partial charge is 0.550 e. The normalized spacial score (nSPS) is 10.9.